The number of ether oxygens (including phenoxy) is 4. The van der Waals surface area contributed by atoms with Gasteiger partial charge in [0.05, 0.1) is 41.0 Å². The van der Waals surface area contributed by atoms with Crippen LogP contribution in [0, 0.1) is 0 Å². The van der Waals surface area contributed by atoms with Crippen LogP contribution in [0.15, 0.2) is 65.1 Å². The first-order chi connectivity index (χ1) is 16.9. The van der Waals surface area contributed by atoms with Gasteiger partial charge in [-0.2, -0.15) is 0 Å². The lowest BCUT2D eigenvalue weighted by atomic mass is 9.96. The van der Waals surface area contributed by atoms with Crippen molar-refractivity contribution >= 4 is 33.5 Å². The first-order valence-electron chi connectivity index (χ1n) is 10.7. The molecule has 3 aromatic rings. The van der Waals surface area contributed by atoms with Crippen LogP contribution >= 0.6 is 15.9 Å². The van der Waals surface area contributed by atoms with E-state index in [9.17, 15) is 9.59 Å². The molecule has 1 atom stereocenters. The van der Waals surface area contributed by atoms with Gasteiger partial charge < -0.3 is 24.3 Å². The summed E-state index contributed by atoms with van der Waals surface area (Å²) in [5.74, 6) is 0.369. The van der Waals surface area contributed by atoms with E-state index in [1.807, 2.05) is 42.5 Å². The van der Waals surface area contributed by atoms with Gasteiger partial charge in [-0.05, 0) is 41.5 Å². The van der Waals surface area contributed by atoms with Gasteiger partial charge in [0.2, 0.25) is 5.75 Å². The highest BCUT2D eigenvalue weighted by atomic mass is 79.9. The van der Waals surface area contributed by atoms with Crippen molar-refractivity contribution in [2.45, 2.75) is 6.04 Å². The quantitative estimate of drug-likeness (QED) is 0.362. The average Bonchev–Trinajstić information content (AvgIpc) is 2.89. The summed E-state index contributed by atoms with van der Waals surface area (Å²) < 4.78 is 21.7. The van der Waals surface area contributed by atoms with Gasteiger partial charge in [0.1, 0.15) is 0 Å². The molecular weight excluding hydrogens is 516 g/mol. The maximum Gasteiger partial charge on any atom is 0.319 e. The van der Waals surface area contributed by atoms with E-state index >= 15 is 0 Å². The fraction of sp³-hybridized carbons (Fsp3) is 0.231. The fourth-order valence-electron chi connectivity index (χ4n) is 3.60. The Morgan fingerprint density at radius 3 is 2.11 bits per heavy atom. The largest absolute Gasteiger partial charge is 0.493 e. The van der Waals surface area contributed by atoms with Gasteiger partial charge in [0.25, 0.3) is 5.91 Å². The van der Waals surface area contributed by atoms with Crippen molar-refractivity contribution in [2.75, 3.05) is 40.3 Å². The Bertz CT molecular complexity index is 1160. The van der Waals surface area contributed by atoms with Crippen LogP contribution in [0.4, 0.5) is 5.69 Å². The molecule has 1 amide bonds. The Labute approximate surface area is 212 Å². The third kappa shape index (κ3) is 6.32. The maximum absolute atomic E-state index is 13.3. The summed E-state index contributed by atoms with van der Waals surface area (Å²) in [6.07, 6.45) is 0. The van der Waals surface area contributed by atoms with Crippen molar-refractivity contribution in [1.82, 2.24) is 5.32 Å². The van der Waals surface area contributed by atoms with Crippen LogP contribution in [-0.4, -0.2) is 46.9 Å². The number of esters is 1. The predicted molar refractivity (Wildman–Crippen MR) is 136 cm³/mol. The molecule has 0 bridgehead atoms. The van der Waals surface area contributed by atoms with E-state index < -0.39 is 12.0 Å². The number of carbonyl (C=O) groups excluding carboxylic acids is 2. The number of methoxy groups -OCH3 is 4. The smallest absolute Gasteiger partial charge is 0.319 e. The lowest BCUT2D eigenvalue weighted by Crippen LogP contribution is -2.30. The second kappa shape index (κ2) is 12.2. The molecule has 3 aromatic carbocycles. The van der Waals surface area contributed by atoms with Crippen molar-refractivity contribution in [3.8, 4) is 17.2 Å². The number of anilines is 1. The van der Waals surface area contributed by atoms with E-state index in [1.165, 1.54) is 28.4 Å². The summed E-state index contributed by atoms with van der Waals surface area (Å²) in [4.78, 5) is 25.2. The summed E-state index contributed by atoms with van der Waals surface area (Å²) in [6, 6.07) is 17.9. The van der Waals surface area contributed by atoms with Crippen LogP contribution in [0.25, 0.3) is 0 Å². The molecule has 0 aromatic heterocycles. The topological polar surface area (TPSA) is 95.1 Å². The number of amides is 1. The van der Waals surface area contributed by atoms with Gasteiger partial charge in [-0.3, -0.25) is 14.9 Å². The lowest BCUT2D eigenvalue weighted by Gasteiger charge is -2.23. The number of nitrogens with one attached hydrogen (secondary N) is 2. The molecule has 0 unspecified atom stereocenters. The van der Waals surface area contributed by atoms with Crippen molar-refractivity contribution in [1.29, 1.82) is 0 Å². The molecule has 3 rings (SSSR count). The zero-order valence-electron chi connectivity index (χ0n) is 19.9. The number of hydrogen-bond acceptors (Lipinski definition) is 7. The monoisotopic (exact) mass is 542 g/mol. The maximum atomic E-state index is 13.3. The van der Waals surface area contributed by atoms with E-state index in [-0.39, 0.29) is 12.5 Å². The molecule has 0 aliphatic rings. The molecule has 184 valence electrons. The normalized spacial score (nSPS) is 11.3. The third-order valence-corrected chi connectivity index (χ3v) is 5.80. The van der Waals surface area contributed by atoms with E-state index in [2.05, 4.69) is 26.6 Å². The van der Waals surface area contributed by atoms with Crippen LogP contribution < -0.4 is 24.8 Å². The summed E-state index contributed by atoms with van der Waals surface area (Å²) in [7, 11) is 5.81. The molecule has 0 heterocycles. The lowest BCUT2D eigenvalue weighted by molar-refractivity contribution is -0.139. The van der Waals surface area contributed by atoms with Gasteiger partial charge in [-0.1, -0.05) is 46.3 Å². The molecule has 0 fully saturated rings. The summed E-state index contributed by atoms with van der Waals surface area (Å²) >= 11 is 3.52. The average molecular weight is 543 g/mol. The van der Waals surface area contributed by atoms with Gasteiger partial charge in [0.15, 0.2) is 11.5 Å². The second-order valence-corrected chi connectivity index (χ2v) is 8.32. The van der Waals surface area contributed by atoms with Crippen LogP contribution in [0.3, 0.4) is 0 Å². The molecule has 0 radical (unpaired) electrons. The number of hydrogen-bond donors (Lipinski definition) is 2. The SMILES string of the molecule is COC(=O)CN[C@@H](c1ccccc1)c1cc(Br)ccc1NC(=O)c1cc(OC)c(OC)c(OC)c1. The Morgan fingerprint density at radius 2 is 1.54 bits per heavy atom. The molecule has 0 aliphatic carbocycles. The first kappa shape index (κ1) is 26.1. The fourth-order valence-corrected chi connectivity index (χ4v) is 3.98. The Balaban J connectivity index is 2.01. The number of benzene rings is 3. The van der Waals surface area contributed by atoms with Crippen molar-refractivity contribution in [3.63, 3.8) is 0 Å². The summed E-state index contributed by atoms with van der Waals surface area (Å²) in [5, 5.41) is 6.21. The third-order valence-electron chi connectivity index (χ3n) is 5.31. The predicted octanol–water partition coefficient (Wildman–Crippen LogP) is 4.58. The van der Waals surface area contributed by atoms with Gasteiger partial charge in [0, 0.05) is 15.7 Å². The Hall–Kier alpha value is -3.56. The zero-order valence-corrected chi connectivity index (χ0v) is 21.5. The van der Waals surface area contributed by atoms with Crippen molar-refractivity contribution in [3.05, 3.63) is 81.8 Å². The highest BCUT2D eigenvalue weighted by molar-refractivity contribution is 9.10. The van der Waals surface area contributed by atoms with Crippen molar-refractivity contribution < 1.29 is 28.5 Å². The van der Waals surface area contributed by atoms with Crippen LogP contribution in [0.2, 0.25) is 0 Å². The van der Waals surface area contributed by atoms with Crippen LogP contribution in [-0.2, 0) is 9.53 Å². The van der Waals surface area contributed by atoms with Gasteiger partial charge in [-0.25, -0.2) is 0 Å². The van der Waals surface area contributed by atoms with E-state index in [4.69, 9.17) is 18.9 Å². The van der Waals surface area contributed by atoms with E-state index in [1.54, 1.807) is 18.2 Å². The molecule has 0 saturated heterocycles. The summed E-state index contributed by atoms with van der Waals surface area (Å²) in [5.41, 5.74) is 2.57. The molecule has 0 spiro atoms. The minimum atomic E-state index is -0.400. The van der Waals surface area contributed by atoms with Crippen LogP contribution in [0.5, 0.6) is 17.2 Å². The molecule has 35 heavy (non-hydrogen) atoms. The molecule has 0 aliphatic heterocycles. The molecule has 8 nitrogen and oxygen atoms in total. The van der Waals surface area contributed by atoms with Gasteiger partial charge in [-0.15, -0.1) is 0 Å². The number of halogens is 1. The number of rotatable bonds is 10. The van der Waals surface area contributed by atoms with Crippen LogP contribution in [0.1, 0.15) is 27.5 Å². The highest BCUT2D eigenvalue weighted by Crippen LogP contribution is 2.39. The molecule has 9 heteroatoms. The van der Waals surface area contributed by atoms with E-state index in [0.717, 1.165) is 15.6 Å². The minimum absolute atomic E-state index is 0.0111. The Kier molecular flexibility index (Phi) is 9.11. The molecule has 0 saturated carbocycles. The van der Waals surface area contributed by atoms with Crippen molar-refractivity contribution in [2.24, 2.45) is 0 Å². The molecular formula is C26H27BrN2O6. The highest BCUT2D eigenvalue weighted by Gasteiger charge is 2.22. The van der Waals surface area contributed by atoms with Gasteiger partial charge >= 0.3 is 5.97 Å². The summed E-state index contributed by atoms with van der Waals surface area (Å²) in [6.45, 7) is -0.0111. The zero-order chi connectivity index (χ0) is 25.4. The minimum Gasteiger partial charge on any atom is -0.493 e. The standard InChI is InChI=1S/C26H27BrN2O6/c1-32-21-12-17(13-22(33-2)25(21)35-4)26(31)29-20-11-10-18(27)14-19(20)24(28-15-23(30)34-3)16-8-6-5-7-9-16/h5-14,24,28H,15H2,1-4H3,(H,29,31)/t24-/m0/s1. The Morgan fingerprint density at radius 1 is 0.886 bits per heavy atom. The first-order valence-corrected chi connectivity index (χ1v) is 11.5. The van der Waals surface area contributed by atoms with E-state index in [0.29, 0.717) is 28.5 Å². The second-order valence-electron chi connectivity index (χ2n) is 7.40. The molecule has 2 N–H and O–H groups in total. The number of carbonyl (C=O) groups is 2.